The number of rotatable bonds is 3. The summed E-state index contributed by atoms with van der Waals surface area (Å²) in [5, 5.41) is 2.32. The molecule has 2 aromatic rings. The van der Waals surface area contributed by atoms with Crippen LogP contribution in [-0.4, -0.2) is 18.0 Å². The highest BCUT2D eigenvalue weighted by Crippen LogP contribution is 2.26. The Morgan fingerprint density at radius 3 is 2.48 bits per heavy atom. The van der Waals surface area contributed by atoms with Crippen LogP contribution in [0.2, 0.25) is 15.1 Å². The van der Waals surface area contributed by atoms with E-state index in [-0.39, 0.29) is 0 Å². The molecule has 3 rings (SSSR count). The van der Waals surface area contributed by atoms with Gasteiger partial charge in [-0.1, -0.05) is 46.9 Å². The van der Waals surface area contributed by atoms with Gasteiger partial charge in [0.2, 0.25) is 0 Å². The van der Waals surface area contributed by atoms with Gasteiger partial charge in [0.05, 0.1) is 0 Å². The SMILES string of the molecule is Clc1ccc2c(c1)CN(CCc1c(Cl)cccc1Cl)CC2. The summed E-state index contributed by atoms with van der Waals surface area (Å²) in [5.74, 6) is 0. The lowest BCUT2D eigenvalue weighted by Crippen LogP contribution is -2.32. The molecule has 0 aromatic heterocycles. The molecule has 0 atom stereocenters. The van der Waals surface area contributed by atoms with Gasteiger partial charge in [0, 0.05) is 34.7 Å². The van der Waals surface area contributed by atoms with Gasteiger partial charge in [-0.3, -0.25) is 4.90 Å². The fourth-order valence-electron chi connectivity index (χ4n) is 2.82. The van der Waals surface area contributed by atoms with Crippen LogP contribution < -0.4 is 0 Å². The smallest absolute Gasteiger partial charge is 0.0453 e. The molecule has 2 aromatic carbocycles. The largest absolute Gasteiger partial charge is 0.298 e. The van der Waals surface area contributed by atoms with Gasteiger partial charge in [-0.2, -0.15) is 0 Å². The van der Waals surface area contributed by atoms with Crippen molar-refractivity contribution in [3.05, 3.63) is 68.2 Å². The quantitative estimate of drug-likeness (QED) is 0.738. The molecular weight excluding hydrogens is 325 g/mol. The van der Waals surface area contributed by atoms with Gasteiger partial charge in [-0.25, -0.2) is 0 Å². The number of halogens is 3. The maximum absolute atomic E-state index is 6.23. The number of nitrogens with zero attached hydrogens (tertiary/aromatic N) is 1. The standard InChI is InChI=1S/C17H16Cl3N/c18-14-5-4-12-6-8-21(11-13(12)10-14)9-7-15-16(19)2-1-3-17(15)20/h1-5,10H,6-9,11H2. The first kappa shape index (κ1) is 15.2. The van der Waals surface area contributed by atoms with Gasteiger partial charge < -0.3 is 0 Å². The molecule has 0 N–H and O–H groups in total. The second-order valence-electron chi connectivity index (χ2n) is 5.39. The van der Waals surface area contributed by atoms with E-state index in [0.717, 1.165) is 53.1 Å². The van der Waals surface area contributed by atoms with E-state index in [9.17, 15) is 0 Å². The minimum absolute atomic E-state index is 0.753. The molecule has 1 nitrogen and oxygen atoms in total. The molecule has 0 fully saturated rings. The minimum Gasteiger partial charge on any atom is -0.298 e. The summed E-state index contributed by atoms with van der Waals surface area (Å²) in [6.45, 7) is 2.96. The molecule has 0 aliphatic carbocycles. The summed E-state index contributed by atoms with van der Waals surface area (Å²) < 4.78 is 0. The molecule has 21 heavy (non-hydrogen) atoms. The first-order chi connectivity index (χ1) is 10.1. The first-order valence-corrected chi connectivity index (χ1v) is 8.19. The Labute approximate surface area is 140 Å². The highest BCUT2D eigenvalue weighted by atomic mass is 35.5. The van der Waals surface area contributed by atoms with E-state index in [0.29, 0.717) is 0 Å². The number of benzene rings is 2. The van der Waals surface area contributed by atoms with E-state index < -0.39 is 0 Å². The Balaban J connectivity index is 1.68. The van der Waals surface area contributed by atoms with Crippen LogP contribution in [0.4, 0.5) is 0 Å². The van der Waals surface area contributed by atoms with Crippen molar-refractivity contribution in [2.24, 2.45) is 0 Å². The third-order valence-corrected chi connectivity index (χ3v) is 4.94. The van der Waals surface area contributed by atoms with Gasteiger partial charge in [0.25, 0.3) is 0 Å². The minimum atomic E-state index is 0.753. The molecule has 4 heteroatoms. The molecule has 0 amide bonds. The number of hydrogen-bond donors (Lipinski definition) is 0. The van der Waals surface area contributed by atoms with E-state index in [1.807, 2.05) is 24.3 Å². The van der Waals surface area contributed by atoms with Gasteiger partial charge in [-0.05, 0) is 53.8 Å². The molecule has 0 saturated heterocycles. The molecule has 1 heterocycles. The number of fused-ring (bicyclic) bond motifs is 1. The highest BCUT2D eigenvalue weighted by Gasteiger charge is 2.17. The van der Waals surface area contributed by atoms with Gasteiger partial charge in [-0.15, -0.1) is 0 Å². The van der Waals surface area contributed by atoms with Crippen molar-refractivity contribution in [1.82, 2.24) is 4.90 Å². The van der Waals surface area contributed by atoms with Crippen molar-refractivity contribution >= 4 is 34.8 Å². The monoisotopic (exact) mass is 339 g/mol. The molecular formula is C17H16Cl3N. The van der Waals surface area contributed by atoms with Crippen molar-refractivity contribution in [2.75, 3.05) is 13.1 Å². The summed E-state index contributed by atoms with van der Waals surface area (Å²) >= 11 is 18.5. The number of hydrogen-bond acceptors (Lipinski definition) is 1. The molecule has 1 aliphatic heterocycles. The Kier molecular flexibility index (Phi) is 4.75. The van der Waals surface area contributed by atoms with Gasteiger partial charge >= 0.3 is 0 Å². The van der Waals surface area contributed by atoms with Crippen molar-refractivity contribution in [2.45, 2.75) is 19.4 Å². The van der Waals surface area contributed by atoms with E-state index in [4.69, 9.17) is 34.8 Å². The molecule has 0 radical (unpaired) electrons. The Bertz CT molecular complexity index is 634. The average Bonchev–Trinajstić information content (AvgIpc) is 2.46. The summed E-state index contributed by atoms with van der Waals surface area (Å²) in [7, 11) is 0. The molecule has 0 bridgehead atoms. The first-order valence-electron chi connectivity index (χ1n) is 7.06. The maximum atomic E-state index is 6.23. The van der Waals surface area contributed by atoms with Gasteiger partial charge in [0.15, 0.2) is 0 Å². The summed E-state index contributed by atoms with van der Waals surface area (Å²) in [5.41, 5.74) is 3.78. The fourth-order valence-corrected chi connectivity index (χ4v) is 3.60. The Morgan fingerprint density at radius 2 is 1.71 bits per heavy atom. The second-order valence-corrected chi connectivity index (χ2v) is 6.64. The van der Waals surface area contributed by atoms with E-state index in [2.05, 4.69) is 17.0 Å². The normalized spacial score (nSPS) is 15.0. The zero-order chi connectivity index (χ0) is 14.8. The van der Waals surface area contributed by atoms with Crippen LogP contribution in [0, 0.1) is 0 Å². The van der Waals surface area contributed by atoms with E-state index >= 15 is 0 Å². The van der Waals surface area contributed by atoms with Crippen LogP contribution in [0.5, 0.6) is 0 Å². The van der Waals surface area contributed by atoms with Crippen molar-refractivity contribution < 1.29 is 0 Å². The van der Waals surface area contributed by atoms with Crippen LogP contribution in [0.3, 0.4) is 0 Å². The fraction of sp³-hybridized carbons (Fsp3) is 0.294. The van der Waals surface area contributed by atoms with Crippen LogP contribution in [-0.2, 0) is 19.4 Å². The van der Waals surface area contributed by atoms with E-state index in [1.165, 1.54) is 11.1 Å². The van der Waals surface area contributed by atoms with Crippen molar-refractivity contribution in [1.29, 1.82) is 0 Å². The lowest BCUT2D eigenvalue weighted by Gasteiger charge is -2.29. The summed E-state index contributed by atoms with van der Waals surface area (Å²) in [6, 6.07) is 11.9. The third-order valence-electron chi connectivity index (χ3n) is 4.00. The lowest BCUT2D eigenvalue weighted by molar-refractivity contribution is 0.257. The molecule has 1 aliphatic rings. The molecule has 110 valence electrons. The summed E-state index contributed by atoms with van der Waals surface area (Å²) in [4.78, 5) is 2.43. The predicted octanol–water partition coefficient (Wildman–Crippen LogP) is 5.25. The van der Waals surface area contributed by atoms with Crippen LogP contribution in [0.15, 0.2) is 36.4 Å². The van der Waals surface area contributed by atoms with Crippen molar-refractivity contribution in [3.63, 3.8) is 0 Å². The Hall–Kier alpha value is -0.730. The second kappa shape index (κ2) is 6.58. The zero-order valence-electron chi connectivity index (χ0n) is 11.6. The zero-order valence-corrected chi connectivity index (χ0v) is 13.8. The molecule has 0 saturated carbocycles. The lowest BCUT2D eigenvalue weighted by atomic mass is 9.99. The van der Waals surface area contributed by atoms with E-state index in [1.54, 1.807) is 0 Å². The summed E-state index contributed by atoms with van der Waals surface area (Å²) in [6.07, 6.45) is 1.94. The Morgan fingerprint density at radius 1 is 0.952 bits per heavy atom. The third kappa shape index (κ3) is 3.54. The van der Waals surface area contributed by atoms with Crippen LogP contribution in [0.25, 0.3) is 0 Å². The predicted molar refractivity (Wildman–Crippen MR) is 90.6 cm³/mol. The van der Waals surface area contributed by atoms with Crippen molar-refractivity contribution in [3.8, 4) is 0 Å². The highest BCUT2D eigenvalue weighted by molar-refractivity contribution is 6.36. The maximum Gasteiger partial charge on any atom is 0.0453 e. The van der Waals surface area contributed by atoms with Gasteiger partial charge in [0.1, 0.15) is 0 Å². The van der Waals surface area contributed by atoms with Crippen LogP contribution >= 0.6 is 34.8 Å². The average molecular weight is 341 g/mol. The molecule has 0 spiro atoms. The van der Waals surface area contributed by atoms with Crippen LogP contribution in [0.1, 0.15) is 16.7 Å². The molecule has 0 unspecified atom stereocenters. The topological polar surface area (TPSA) is 3.24 Å².